The van der Waals surface area contributed by atoms with Gasteiger partial charge in [0.1, 0.15) is 28.1 Å². The summed E-state index contributed by atoms with van der Waals surface area (Å²) in [6, 6.07) is 17.0. The molecule has 2 heterocycles. The van der Waals surface area contributed by atoms with E-state index in [0.717, 1.165) is 102 Å². The summed E-state index contributed by atoms with van der Waals surface area (Å²) in [5.41, 5.74) is 4.90. The lowest BCUT2D eigenvalue weighted by molar-refractivity contribution is 0.127. The van der Waals surface area contributed by atoms with Crippen molar-refractivity contribution in [2.75, 3.05) is 19.8 Å². The van der Waals surface area contributed by atoms with Gasteiger partial charge < -0.3 is 18.3 Å². The second-order valence-corrected chi connectivity index (χ2v) is 10.6. The van der Waals surface area contributed by atoms with E-state index in [1.54, 1.807) is 0 Å². The number of unbranched alkanes of at least 4 members (excludes halogenated alkanes) is 7. The van der Waals surface area contributed by atoms with Gasteiger partial charge >= 0.3 is 0 Å². The van der Waals surface area contributed by atoms with Crippen molar-refractivity contribution in [3.05, 3.63) is 54.1 Å². The lowest BCUT2D eigenvalue weighted by atomic mass is 10.0. The monoisotopic (exact) mass is 514 g/mol. The number of ether oxygens (including phenoxy) is 2. The first-order valence-electron chi connectivity index (χ1n) is 14.8. The Bertz CT molecular complexity index is 1350. The molecule has 0 atom stereocenters. The van der Waals surface area contributed by atoms with Crippen LogP contribution in [0, 0.1) is 0 Å². The van der Waals surface area contributed by atoms with Crippen molar-refractivity contribution in [3.63, 3.8) is 0 Å². The third-order valence-corrected chi connectivity index (χ3v) is 7.51. The fourth-order valence-corrected chi connectivity index (χ4v) is 5.27. The van der Waals surface area contributed by atoms with Crippen LogP contribution in [0.4, 0.5) is 0 Å². The van der Waals surface area contributed by atoms with Crippen molar-refractivity contribution < 1.29 is 18.3 Å². The quantitative estimate of drug-likeness (QED) is 0.123. The Labute approximate surface area is 226 Å². The van der Waals surface area contributed by atoms with Crippen LogP contribution in [0.3, 0.4) is 0 Å². The molecule has 0 aliphatic heterocycles. The molecule has 0 aliphatic rings. The summed E-state index contributed by atoms with van der Waals surface area (Å²) in [5, 5.41) is 4.41. The Kier molecular flexibility index (Phi) is 9.24. The minimum absolute atomic E-state index is 0.755. The van der Waals surface area contributed by atoms with Crippen LogP contribution in [0.5, 0.6) is 5.75 Å². The van der Waals surface area contributed by atoms with Crippen molar-refractivity contribution in [3.8, 4) is 5.75 Å². The molecule has 2 aromatic heterocycles. The van der Waals surface area contributed by atoms with E-state index >= 15 is 0 Å². The van der Waals surface area contributed by atoms with Gasteiger partial charge in [-0.1, -0.05) is 64.5 Å². The lowest BCUT2D eigenvalue weighted by Crippen LogP contribution is -1.97. The first kappa shape index (κ1) is 26.6. The normalized spacial score (nSPS) is 11.9. The molecule has 38 heavy (non-hydrogen) atoms. The molecular formula is C34H42O4. The molecule has 5 rings (SSSR count). The molecule has 3 aromatic carbocycles. The largest absolute Gasteiger partial charge is 0.493 e. The van der Waals surface area contributed by atoms with E-state index in [0.29, 0.717) is 0 Å². The molecule has 0 saturated heterocycles. The molecule has 0 fully saturated rings. The Hall–Kier alpha value is -2.98. The Balaban J connectivity index is 1.25. The van der Waals surface area contributed by atoms with Crippen LogP contribution in [0.1, 0.15) is 83.6 Å². The third-order valence-electron chi connectivity index (χ3n) is 7.51. The van der Waals surface area contributed by atoms with E-state index in [4.69, 9.17) is 18.3 Å². The standard InChI is InChI=1S/C34H42O4/c1-3-5-7-8-9-11-20-36-26-15-17-28-30-24-33-29(23-34(30)38-32(28)22-26)27-16-14-25(21-31(27)37-33)13-10-12-19-35-18-6-4-2/h14-17,21-24H,3-13,18-20H2,1-2H3. The molecule has 4 nitrogen and oxygen atoms in total. The summed E-state index contributed by atoms with van der Waals surface area (Å²) < 4.78 is 24.3. The van der Waals surface area contributed by atoms with Crippen molar-refractivity contribution in [1.82, 2.24) is 0 Å². The summed E-state index contributed by atoms with van der Waals surface area (Å²) in [6.07, 6.45) is 13.2. The zero-order valence-electron chi connectivity index (χ0n) is 23.2. The van der Waals surface area contributed by atoms with Crippen LogP contribution in [-0.2, 0) is 11.2 Å². The van der Waals surface area contributed by atoms with Gasteiger partial charge in [-0.15, -0.1) is 0 Å². The molecule has 0 bridgehead atoms. The second-order valence-electron chi connectivity index (χ2n) is 10.6. The van der Waals surface area contributed by atoms with Crippen LogP contribution in [0.25, 0.3) is 43.9 Å². The van der Waals surface area contributed by atoms with E-state index in [9.17, 15) is 0 Å². The molecule has 5 aromatic rings. The van der Waals surface area contributed by atoms with Gasteiger partial charge in [-0.25, -0.2) is 0 Å². The van der Waals surface area contributed by atoms with Crippen LogP contribution >= 0.6 is 0 Å². The highest BCUT2D eigenvalue weighted by molar-refractivity contribution is 6.14. The van der Waals surface area contributed by atoms with Gasteiger partial charge in [-0.2, -0.15) is 0 Å². The Morgan fingerprint density at radius 3 is 1.89 bits per heavy atom. The number of aryl methyl sites for hydroxylation is 1. The van der Waals surface area contributed by atoms with Gasteiger partial charge in [-0.05, 0) is 68.0 Å². The molecule has 0 aliphatic carbocycles. The van der Waals surface area contributed by atoms with E-state index in [2.05, 4.69) is 56.3 Å². The Morgan fingerprint density at radius 2 is 1.13 bits per heavy atom. The highest BCUT2D eigenvalue weighted by atomic mass is 16.5. The molecule has 0 spiro atoms. The zero-order chi connectivity index (χ0) is 26.2. The van der Waals surface area contributed by atoms with Gasteiger partial charge in [0.25, 0.3) is 0 Å². The number of hydrogen-bond donors (Lipinski definition) is 0. The second kappa shape index (κ2) is 13.2. The predicted octanol–water partition coefficient (Wildman–Crippen LogP) is 10.4. The zero-order valence-corrected chi connectivity index (χ0v) is 23.2. The lowest BCUT2D eigenvalue weighted by Gasteiger charge is -2.06. The van der Waals surface area contributed by atoms with Gasteiger partial charge in [0.15, 0.2) is 0 Å². The van der Waals surface area contributed by atoms with E-state index in [1.807, 2.05) is 6.07 Å². The molecule has 202 valence electrons. The minimum atomic E-state index is 0.755. The van der Waals surface area contributed by atoms with Crippen molar-refractivity contribution in [2.24, 2.45) is 0 Å². The predicted molar refractivity (Wildman–Crippen MR) is 159 cm³/mol. The van der Waals surface area contributed by atoms with Crippen molar-refractivity contribution >= 4 is 43.9 Å². The fourth-order valence-electron chi connectivity index (χ4n) is 5.27. The van der Waals surface area contributed by atoms with Gasteiger partial charge in [0.2, 0.25) is 0 Å². The first-order valence-corrected chi connectivity index (χ1v) is 14.8. The minimum Gasteiger partial charge on any atom is -0.493 e. The first-order chi connectivity index (χ1) is 18.8. The summed E-state index contributed by atoms with van der Waals surface area (Å²) in [4.78, 5) is 0. The Morgan fingerprint density at radius 1 is 0.526 bits per heavy atom. The van der Waals surface area contributed by atoms with E-state index in [-0.39, 0.29) is 0 Å². The SMILES string of the molecule is CCCCCCCCOc1ccc2c(c1)oc1cc3c(cc12)oc1cc(CCCCOCCCC)ccc13. The summed E-state index contributed by atoms with van der Waals surface area (Å²) >= 11 is 0. The average molecular weight is 515 g/mol. The third kappa shape index (κ3) is 6.35. The van der Waals surface area contributed by atoms with Crippen LogP contribution < -0.4 is 4.74 Å². The molecule has 0 saturated carbocycles. The molecule has 0 amide bonds. The van der Waals surface area contributed by atoms with Gasteiger partial charge in [-0.3, -0.25) is 0 Å². The maximum Gasteiger partial charge on any atom is 0.139 e. The topological polar surface area (TPSA) is 44.7 Å². The van der Waals surface area contributed by atoms with Gasteiger partial charge in [0.05, 0.1) is 6.61 Å². The maximum absolute atomic E-state index is 6.32. The summed E-state index contributed by atoms with van der Waals surface area (Å²) in [5.74, 6) is 0.874. The van der Waals surface area contributed by atoms with Crippen molar-refractivity contribution in [1.29, 1.82) is 0 Å². The van der Waals surface area contributed by atoms with E-state index in [1.165, 1.54) is 44.1 Å². The summed E-state index contributed by atoms with van der Waals surface area (Å²) in [6.45, 7) is 6.94. The smallest absolute Gasteiger partial charge is 0.139 e. The van der Waals surface area contributed by atoms with Crippen LogP contribution in [0.2, 0.25) is 0 Å². The van der Waals surface area contributed by atoms with Crippen LogP contribution in [0.15, 0.2) is 57.4 Å². The van der Waals surface area contributed by atoms with Crippen LogP contribution in [-0.4, -0.2) is 19.8 Å². The number of benzene rings is 3. The fraction of sp³-hybridized carbons (Fsp3) is 0.471. The molecule has 0 N–H and O–H groups in total. The number of furan rings is 2. The highest BCUT2D eigenvalue weighted by Crippen LogP contribution is 2.37. The number of fused-ring (bicyclic) bond motifs is 6. The molecular weight excluding hydrogens is 472 g/mol. The van der Waals surface area contributed by atoms with Crippen molar-refractivity contribution in [2.45, 2.75) is 84.5 Å². The summed E-state index contributed by atoms with van der Waals surface area (Å²) in [7, 11) is 0. The maximum atomic E-state index is 6.32. The molecule has 0 unspecified atom stereocenters. The average Bonchev–Trinajstić information content (AvgIpc) is 3.47. The molecule has 4 heteroatoms. The number of hydrogen-bond acceptors (Lipinski definition) is 4. The highest BCUT2D eigenvalue weighted by Gasteiger charge is 2.14. The van der Waals surface area contributed by atoms with Gasteiger partial charge in [0, 0.05) is 40.8 Å². The van der Waals surface area contributed by atoms with E-state index < -0.39 is 0 Å². The molecule has 0 radical (unpaired) electrons. The number of rotatable bonds is 16.